The molecule has 0 aliphatic heterocycles. The van der Waals surface area contributed by atoms with E-state index in [0.29, 0.717) is 31.0 Å². The zero-order valence-corrected chi connectivity index (χ0v) is 12.1. The molecule has 1 aromatic carbocycles. The summed E-state index contributed by atoms with van der Waals surface area (Å²) in [5.74, 6) is 0. The van der Waals surface area contributed by atoms with Crippen molar-refractivity contribution in [2.24, 2.45) is 7.05 Å². The van der Waals surface area contributed by atoms with Crippen LogP contribution < -0.4 is 5.32 Å². The number of hydrogen-bond donors (Lipinski definition) is 1. The molecule has 0 amide bonds. The van der Waals surface area contributed by atoms with Gasteiger partial charge in [-0.1, -0.05) is 12.1 Å². The summed E-state index contributed by atoms with van der Waals surface area (Å²) in [6.07, 6.45) is 1.87. The van der Waals surface area contributed by atoms with Crippen LogP contribution in [0.4, 0.5) is 5.69 Å². The van der Waals surface area contributed by atoms with Crippen molar-refractivity contribution in [2.75, 3.05) is 20.3 Å². The SMILES string of the molecule is COCCNCc1cn(C)nc1-c1ccccc1[N+](=O)[O-]. The highest BCUT2D eigenvalue weighted by Gasteiger charge is 2.19. The third kappa shape index (κ3) is 3.65. The van der Waals surface area contributed by atoms with Crippen molar-refractivity contribution in [2.45, 2.75) is 6.54 Å². The molecule has 0 radical (unpaired) electrons. The van der Waals surface area contributed by atoms with Crippen molar-refractivity contribution in [3.05, 3.63) is 46.1 Å². The molecule has 1 N–H and O–H groups in total. The van der Waals surface area contributed by atoms with Crippen LogP contribution in [0.25, 0.3) is 11.3 Å². The second kappa shape index (κ2) is 6.96. The molecule has 1 aromatic heterocycles. The van der Waals surface area contributed by atoms with Crippen molar-refractivity contribution in [3.8, 4) is 11.3 Å². The molecule has 2 rings (SSSR count). The molecular weight excluding hydrogens is 272 g/mol. The second-order valence-electron chi connectivity index (χ2n) is 4.62. The number of rotatable bonds is 7. The number of methoxy groups -OCH3 is 1. The lowest BCUT2D eigenvalue weighted by Crippen LogP contribution is -2.18. The van der Waals surface area contributed by atoms with Crippen molar-refractivity contribution < 1.29 is 9.66 Å². The van der Waals surface area contributed by atoms with E-state index in [-0.39, 0.29) is 10.6 Å². The predicted octanol–water partition coefficient (Wildman–Crippen LogP) is 1.73. The van der Waals surface area contributed by atoms with Crippen LogP contribution in [0.15, 0.2) is 30.5 Å². The van der Waals surface area contributed by atoms with Gasteiger partial charge in [-0.05, 0) is 6.07 Å². The molecule has 0 bridgehead atoms. The smallest absolute Gasteiger partial charge is 0.278 e. The van der Waals surface area contributed by atoms with Gasteiger partial charge >= 0.3 is 0 Å². The zero-order chi connectivity index (χ0) is 15.2. The van der Waals surface area contributed by atoms with Crippen molar-refractivity contribution in [1.29, 1.82) is 0 Å². The van der Waals surface area contributed by atoms with Gasteiger partial charge in [-0.25, -0.2) is 0 Å². The van der Waals surface area contributed by atoms with Crippen LogP contribution in [0.2, 0.25) is 0 Å². The van der Waals surface area contributed by atoms with E-state index in [0.717, 1.165) is 5.56 Å². The molecule has 0 unspecified atom stereocenters. The number of nitrogens with one attached hydrogen (secondary N) is 1. The highest BCUT2D eigenvalue weighted by molar-refractivity contribution is 5.72. The molecule has 112 valence electrons. The number of hydrogen-bond acceptors (Lipinski definition) is 5. The fraction of sp³-hybridized carbons (Fsp3) is 0.357. The van der Waals surface area contributed by atoms with Crippen molar-refractivity contribution >= 4 is 5.69 Å². The largest absolute Gasteiger partial charge is 0.383 e. The first kappa shape index (κ1) is 15.1. The Morgan fingerprint density at radius 1 is 1.43 bits per heavy atom. The monoisotopic (exact) mass is 290 g/mol. The Bertz CT molecular complexity index is 624. The molecule has 7 heteroatoms. The molecule has 0 spiro atoms. The minimum absolute atomic E-state index is 0.0642. The summed E-state index contributed by atoms with van der Waals surface area (Å²) in [4.78, 5) is 10.8. The molecule has 0 atom stereocenters. The van der Waals surface area contributed by atoms with E-state index in [4.69, 9.17) is 4.74 Å². The van der Waals surface area contributed by atoms with Crippen LogP contribution in [0.1, 0.15) is 5.56 Å². The Kier molecular flexibility index (Phi) is 5.02. The van der Waals surface area contributed by atoms with Crippen molar-refractivity contribution in [1.82, 2.24) is 15.1 Å². The van der Waals surface area contributed by atoms with Crippen molar-refractivity contribution in [3.63, 3.8) is 0 Å². The summed E-state index contributed by atoms with van der Waals surface area (Å²) in [7, 11) is 3.45. The fourth-order valence-corrected chi connectivity index (χ4v) is 2.12. The highest BCUT2D eigenvalue weighted by atomic mass is 16.6. The first-order valence-electron chi connectivity index (χ1n) is 6.59. The van der Waals surface area contributed by atoms with Gasteiger partial charge in [-0.2, -0.15) is 5.10 Å². The number of aromatic nitrogens is 2. The third-order valence-corrected chi connectivity index (χ3v) is 3.06. The molecule has 0 saturated carbocycles. The molecule has 2 aromatic rings. The predicted molar refractivity (Wildman–Crippen MR) is 78.9 cm³/mol. The first-order valence-corrected chi connectivity index (χ1v) is 6.59. The lowest BCUT2D eigenvalue weighted by atomic mass is 10.1. The number of nitrogens with zero attached hydrogens (tertiary/aromatic N) is 3. The van der Waals surface area contributed by atoms with E-state index in [1.165, 1.54) is 6.07 Å². The molecular formula is C14H18N4O3. The van der Waals surface area contributed by atoms with Gasteiger partial charge in [-0.3, -0.25) is 14.8 Å². The third-order valence-electron chi connectivity index (χ3n) is 3.06. The number of ether oxygens (including phenoxy) is 1. The molecule has 7 nitrogen and oxygen atoms in total. The van der Waals surface area contributed by atoms with Gasteiger partial charge < -0.3 is 10.1 Å². The minimum atomic E-state index is -0.383. The zero-order valence-electron chi connectivity index (χ0n) is 12.1. The average Bonchev–Trinajstić information content (AvgIpc) is 2.84. The maximum absolute atomic E-state index is 11.2. The number of nitro groups is 1. The Hall–Kier alpha value is -2.25. The minimum Gasteiger partial charge on any atom is -0.383 e. The van der Waals surface area contributed by atoms with E-state index in [9.17, 15) is 10.1 Å². The Morgan fingerprint density at radius 2 is 2.19 bits per heavy atom. The molecule has 0 saturated heterocycles. The van der Waals surface area contributed by atoms with Gasteiger partial charge in [0, 0.05) is 45.1 Å². The fourth-order valence-electron chi connectivity index (χ4n) is 2.12. The van der Waals surface area contributed by atoms with Gasteiger partial charge in [-0.15, -0.1) is 0 Å². The van der Waals surface area contributed by atoms with Crippen LogP contribution in [0, 0.1) is 10.1 Å². The molecule has 0 aliphatic rings. The van der Waals surface area contributed by atoms with Crippen LogP contribution in [0.3, 0.4) is 0 Å². The lowest BCUT2D eigenvalue weighted by Gasteiger charge is -2.05. The number of aryl methyl sites for hydroxylation is 1. The van der Waals surface area contributed by atoms with E-state index in [2.05, 4.69) is 10.4 Å². The number of nitro benzene ring substituents is 1. The normalized spacial score (nSPS) is 10.8. The number of para-hydroxylation sites is 1. The summed E-state index contributed by atoms with van der Waals surface area (Å²) in [5, 5.41) is 18.7. The standard InChI is InChI=1S/C14H18N4O3/c1-17-10-11(9-15-7-8-21-2)14(16-17)12-5-3-4-6-13(12)18(19)20/h3-6,10,15H,7-9H2,1-2H3. The summed E-state index contributed by atoms with van der Waals surface area (Å²) >= 11 is 0. The molecule has 0 aliphatic carbocycles. The van der Waals surface area contributed by atoms with E-state index < -0.39 is 0 Å². The topological polar surface area (TPSA) is 82.2 Å². The van der Waals surface area contributed by atoms with Crippen LogP contribution in [-0.2, 0) is 18.3 Å². The van der Waals surface area contributed by atoms with E-state index in [1.54, 1.807) is 37.0 Å². The van der Waals surface area contributed by atoms with Gasteiger partial charge in [0.05, 0.1) is 17.1 Å². The second-order valence-corrected chi connectivity index (χ2v) is 4.62. The van der Waals surface area contributed by atoms with E-state index in [1.807, 2.05) is 6.20 Å². The molecule has 21 heavy (non-hydrogen) atoms. The van der Waals surface area contributed by atoms with Gasteiger partial charge in [0.1, 0.15) is 5.69 Å². The van der Waals surface area contributed by atoms with Gasteiger partial charge in [0.2, 0.25) is 0 Å². The number of benzene rings is 1. The van der Waals surface area contributed by atoms with Gasteiger partial charge in [0.15, 0.2) is 0 Å². The Morgan fingerprint density at radius 3 is 2.90 bits per heavy atom. The van der Waals surface area contributed by atoms with E-state index >= 15 is 0 Å². The quantitative estimate of drug-likeness (QED) is 0.477. The van der Waals surface area contributed by atoms with Gasteiger partial charge in [0.25, 0.3) is 5.69 Å². The molecule has 1 heterocycles. The molecule has 0 fully saturated rings. The first-order chi connectivity index (χ1) is 10.1. The summed E-state index contributed by atoms with van der Waals surface area (Å²) < 4.78 is 6.64. The lowest BCUT2D eigenvalue weighted by molar-refractivity contribution is -0.384. The average molecular weight is 290 g/mol. The Labute approximate surface area is 122 Å². The summed E-state index contributed by atoms with van der Waals surface area (Å²) in [6.45, 7) is 1.90. The Balaban J connectivity index is 2.29. The maximum atomic E-state index is 11.2. The maximum Gasteiger partial charge on any atom is 0.278 e. The summed E-state index contributed by atoms with van der Waals surface area (Å²) in [5.41, 5.74) is 2.15. The highest BCUT2D eigenvalue weighted by Crippen LogP contribution is 2.30. The van der Waals surface area contributed by atoms with Crippen LogP contribution >= 0.6 is 0 Å². The van der Waals surface area contributed by atoms with Crippen LogP contribution in [0.5, 0.6) is 0 Å². The van der Waals surface area contributed by atoms with Crippen LogP contribution in [-0.4, -0.2) is 35.0 Å². The summed E-state index contributed by atoms with van der Waals surface area (Å²) in [6, 6.07) is 6.64.